The van der Waals surface area contributed by atoms with Crippen LogP contribution in [-0.4, -0.2) is 74.8 Å². The summed E-state index contributed by atoms with van der Waals surface area (Å²) in [5.74, 6) is 1.51. The zero-order valence-corrected chi connectivity index (χ0v) is 21.0. The van der Waals surface area contributed by atoms with Gasteiger partial charge < -0.3 is 19.8 Å². The lowest BCUT2D eigenvalue weighted by atomic mass is 9.52. The molecule has 35 heavy (non-hydrogen) atoms. The summed E-state index contributed by atoms with van der Waals surface area (Å²) in [5, 5.41) is 26.4. The number of carbonyl (C=O) groups is 1. The van der Waals surface area contributed by atoms with E-state index in [1.807, 2.05) is 23.3 Å². The molecule has 1 aromatic heterocycles. The Morgan fingerprint density at radius 1 is 1.29 bits per heavy atom. The Hall–Kier alpha value is -2.16. The number of likely N-dealkylation sites (tertiary alicyclic amines) is 2. The van der Waals surface area contributed by atoms with Gasteiger partial charge in [-0.15, -0.1) is 11.3 Å². The highest BCUT2D eigenvalue weighted by atomic mass is 32.1. The van der Waals surface area contributed by atoms with Crippen molar-refractivity contribution in [3.63, 3.8) is 0 Å². The molecule has 1 amide bonds. The maximum Gasteiger partial charge on any atom is 0.223 e. The Morgan fingerprint density at radius 3 is 2.91 bits per heavy atom. The number of hydrogen-bond donors (Lipinski definition) is 2. The first-order valence-electron chi connectivity index (χ1n) is 13.1. The smallest absolute Gasteiger partial charge is 0.223 e. The Bertz CT molecular complexity index is 1200. The van der Waals surface area contributed by atoms with E-state index in [9.17, 15) is 15.0 Å². The van der Waals surface area contributed by atoms with Crippen LogP contribution in [0.15, 0.2) is 17.5 Å². The van der Waals surface area contributed by atoms with E-state index in [1.165, 1.54) is 18.4 Å². The van der Waals surface area contributed by atoms with Gasteiger partial charge in [-0.1, -0.05) is 6.07 Å². The summed E-state index contributed by atoms with van der Waals surface area (Å²) in [4.78, 5) is 22.3. The highest BCUT2D eigenvalue weighted by Crippen LogP contribution is 2.63. The Morgan fingerprint density at radius 2 is 2.14 bits per heavy atom. The molecule has 7 nitrogen and oxygen atoms in total. The average molecular weight is 496 g/mol. The van der Waals surface area contributed by atoms with Crippen LogP contribution in [0, 0.1) is 12.8 Å². The summed E-state index contributed by atoms with van der Waals surface area (Å²) in [7, 11) is 0. The maximum absolute atomic E-state index is 13.4. The Kier molecular flexibility index (Phi) is 4.84. The number of amides is 1. The minimum absolute atomic E-state index is 0.0129. The summed E-state index contributed by atoms with van der Waals surface area (Å²) in [5.41, 5.74) is 1.60. The van der Waals surface area contributed by atoms with Crippen molar-refractivity contribution in [2.24, 2.45) is 5.92 Å². The second kappa shape index (κ2) is 7.67. The first-order valence-corrected chi connectivity index (χ1v) is 13.9. The third-order valence-corrected chi connectivity index (χ3v) is 10.2. The molecular formula is C27H33N3O4S. The van der Waals surface area contributed by atoms with Crippen LogP contribution in [0.4, 0.5) is 0 Å². The van der Waals surface area contributed by atoms with E-state index in [0.29, 0.717) is 38.1 Å². The zero-order valence-electron chi connectivity index (χ0n) is 20.2. The Labute approximate surface area is 209 Å². The van der Waals surface area contributed by atoms with Crippen molar-refractivity contribution in [3.05, 3.63) is 39.3 Å². The van der Waals surface area contributed by atoms with Crippen molar-refractivity contribution in [3.8, 4) is 11.5 Å². The summed E-state index contributed by atoms with van der Waals surface area (Å²) >= 11 is 1.61. The molecule has 8 heteroatoms. The van der Waals surface area contributed by atoms with E-state index in [1.54, 1.807) is 17.4 Å². The van der Waals surface area contributed by atoms with Crippen LogP contribution in [0.1, 0.15) is 53.9 Å². The van der Waals surface area contributed by atoms with Crippen LogP contribution < -0.4 is 4.74 Å². The van der Waals surface area contributed by atoms with Crippen molar-refractivity contribution < 1.29 is 19.7 Å². The van der Waals surface area contributed by atoms with Crippen LogP contribution >= 0.6 is 11.3 Å². The number of phenolic OH excluding ortho intramolecular Hbond substituents is 1. The molecule has 3 fully saturated rings. The van der Waals surface area contributed by atoms with Crippen LogP contribution in [0.2, 0.25) is 0 Å². The van der Waals surface area contributed by atoms with Crippen molar-refractivity contribution in [1.29, 1.82) is 0 Å². The minimum atomic E-state index is -0.988. The molecule has 2 aliphatic carbocycles. The molecule has 5 aliphatic rings. The summed E-state index contributed by atoms with van der Waals surface area (Å²) in [6, 6.07) is 3.78. The lowest BCUT2D eigenvalue weighted by Crippen LogP contribution is -2.74. The predicted molar refractivity (Wildman–Crippen MR) is 132 cm³/mol. The molecule has 1 aromatic carbocycles. The number of hydrogen-bond acceptors (Lipinski definition) is 7. The van der Waals surface area contributed by atoms with E-state index < -0.39 is 11.0 Å². The highest BCUT2D eigenvalue weighted by molar-refractivity contribution is 7.09. The number of aliphatic hydroxyl groups is 1. The fraction of sp³-hybridized carbons (Fsp3) is 0.630. The van der Waals surface area contributed by atoms with Gasteiger partial charge in [0.05, 0.1) is 28.3 Å². The summed E-state index contributed by atoms with van der Waals surface area (Å²) in [6.07, 6.45) is 5.35. The number of rotatable bonds is 5. The maximum atomic E-state index is 13.4. The van der Waals surface area contributed by atoms with Crippen molar-refractivity contribution in [1.82, 2.24) is 14.8 Å². The number of aryl methyl sites for hydroxylation is 2. The molecule has 1 saturated carbocycles. The summed E-state index contributed by atoms with van der Waals surface area (Å²) in [6.45, 7) is 4.93. The van der Waals surface area contributed by atoms with Gasteiger partial charge in [0.1, 0.15) is 6.10 Å². The van der Waals surface area contributed by atoms with Crippen molar-refractivity contribution >= 4 is 17.2 Å². The van der Waals surface area contributed by atoms with Gasteiger partial charge in [-0.2, -0.15) is 0 Å². The molecule has 3 aliphatic heterocycles. The number of benzene rings is 1. The normalized spacial score (nSPS) is 33.3. The molecule has 2 saturated heterocycles. The topological polar surface area (TPSA) is 86.1 Å². The first kappa shape index (κ1) is 22.1. The number of piperidine rings is 1. The third kappa shape index (κ3) is 3.15. The number of carbonyl (C=O) groups excluding carboxylic acids is 1. The molecule has 0 radical (unpaired) electrons. The second-order valence-corrected chi connectivity index (χ2v) is 12.4. The van der Waals surface area contributed by atoms with Crippen molar-refractivity contribution in [2.75, 3.05) is 26.2 Å². The van der Waals surface area contributed by atoms with Gasteiger partial charge in [0.2, 0.25) is 5.91 Å². The van der Waals surface area contributed by atoms with Gasteiger partial charge in [-0.25, -0.2) is 4.98 Å². The number of thiazole rings is 1. The summed E-state index contributed by atoms with van der Waals surface area (Å²) < 4.78 is 6.50. The number of aromatic hydroxyl groups is 1. The molecule has 2 aromatic rings. The lowest BCUT2D eigenvalue weighted by Gasteiger charge is -2.60. The SMILES string of the molecule is Cc1nc(CCC(=O)N2CC[C@@]3(O)[C@H]4Cc5ccc(O)c6c5[C@@]3(CCN4CC3CC3)[C@H](C2)O6)cs1. The molecule has 4 heterocycles. The van der Waals surface area contributed by atoms with Crippen LogP contribution in [0.5, 0.6) is 11.5 Å². The van der Waals surface area contributed by atoms with Crippen LogP contribution in [0.25, 0.3) is 0 Å². The first-order chi connectivity index (χ1) is 16.9. The number of phenols is 1. The molecular weight excluding hydrogens is 462 g/mol. The zero-order chi connectivity index (χ0) is 23.9. The second-order valence-electron chi connectivity index (χ2n) is 11.3. The standard InChI is InChI=1S/C27H33N3O4S/c1-16-28-19(15-35-16)5-7-23(32)30-11-9-27(33)21-12-18-4-6-20(31)25-24(18)26(27,22(14-30)34-25)8-10-29(21)13-17-2-3-17/h4,6,15,17,21-22,31,33H,2-3,5,7-14H2,1H3/t21-,22+,26-,27-/m1/s1. The number of ether oxygens (including phenoxy) is 1. The number of nitrogens with zero attached hydrogens (tertiary/aromatic N) is 3. The van der Waals surface area contributed by atoms with Crippen LogP contribution in [0.3, 0.4) is 0 Å². The average Bonchev–Trinajstić information content (AvgIpc) is 3.48. The van der Waals surface area contributed by atoms with Gasteiger partial charge in [0.25, 0.3) is 0 Å². The molecule has 0 unspecified atom stereocenters. The molecule has 4 atom stereocenters. The minimum Gasteiger partial charge on any atom is -0.504 e. The van der Waals surface area contributed by atoms with E-state index in [2.05, 4.69) is 9.88 Å². The van der Waals surface area contributed by atoms with Gasteiger partial charge in [-0.05, 0) is 69.5 Å². The monoisotopic (exact) mass is 495 g/mol. The van der Waals surface area contributed by atoms with E-state index in [-0.39, 0.29) is 23.8 Å². The van der Waals surface area contributed by atoms with Crippen LogP contribution in [-0.2, 0) is 23.1 Å². The fourth-order valence-corrected chi connectivity index (χ4v) is 8.19. The molecule has 1 spiro atoms. The van der Waals surface area contributed by atoms with Gasteiger partial charge in [0, 0.05) is 36.5 Å². The van der Waals surface area contributed by atoms with Gasteiger partial charge in [-0.3, -0.25) is 9.69 Å². The van der Waals surface area contributed by atoms with Crippen molar-refractivity contribution in [2.45, 2.75) is 75.0 Å². The molecule has 186 valence electrons. The highest BCUT2D eigenvalue weighted by Gasteiger charge is 2.71. The largest absolute Gasteiger partial charge is 0.504 e. The quantitative estimate of drug-likeness (QED) is 0.664. The lowest BCUT2D eigenvalue weighted by molar-refractivity contribution is -0.162. The molecule has 2 N–H and O–H groups in total. The fourth-order valence-electron chi connectivity index (χ4n) is 7.55. The number of aromatic nitrogens is 1. The molecule has 7 rings (SSSR count). The Balaban J connectivity index is 1.24. The van der Waals surface area contributed by atoms with E-state index >= 15 is 0 Å². The predicted octanol–water partition coefficient (Wildman–Crippen LogP) is 2.79. The van der Waals surface area contributed by atoms with E-state index in [0.717, 1.165) is 48.1 Å². The van der Waals surface area contributed by atoms with Gasteiger partial charge >= 0.3 is 0 Å². The van der Waals surface area contributed by atoms with E-state index in [4.69, 9.17) is 4.74 Å². The third-order valence-electron chi connectivity index (χ3n) is 9.40. The molecule has 2 bridgehead atoms. The van der Waals surface area contributed by atoms with Gasteiger partial charge in [0.15, 0.2) is 11.5 Å².